The number of rotatable bonds is 4. The van der Waals surface area contributed by atoms with Crippen LogP contribution < -0.4 is 10.2 Å². The maximum absolute atomic E-state index is 12.9. The van der Waals surface area contributed by atoms with E-state index in [0.29, 0.717) is 12.5 Å². The fourth-order valence-electron chi connectivity index (χ4n) is 4.18. The minimum absolute atomic E-state index is 0.175. The van der Waals surface area contributed by atoms with Crippen LogP contribution in [0.2, 0.25) is 0 Å². The number of aromatic nitrogens is 2. The second kappa shape index (κ2) is 5.66. The molecule has 3 aliphatic rings. The summed E-state index contributed by atoms with van der Waals surface area (Å²) in [5, 5.41) is 6.93. The Morgan fingerprint density at radius 1 is 1.28 bits per heavy atom. The summed E-state index contributed by atoms with van der Waals surface area (Å²) in [6.07, 6.45) is 2.70. The Morgan fingerprint density at radius 3 is 2.44 bits per heavy atom. The molecule has 1 aromatic rings. The minimum Gasteiger partial charge on any atom is -0.373 e. The van der Waals surface area contributed by atoms with Gasteiger partial charge in [-0.3, -0.25) is 19.1 Å². The number of imide groups is 1. The summed E-state index contributed by atoms with van der Waals surface area (Å²) in [6.45, 7) is 4.50. The van der Waals surface area contributed by atoms with E-state index in [0.717, 1.165) is 17.7 Å². The van der Waals surface area contributed by atoms with Gasteiger partial charge in [0.05, 0.1) is 30.2 Å². The van der Waals surface area contributed by atoms with Crippen LogP contribution in [0.5, 0.6) is 0 Å². The number of carbonyl (C=O) groups excluding carboxylic acids is 3. The van der Waals surface area contributed by atoms with Crippen molar-refractivity contribution in [3.8, 4) is 0 Å². The van der Waals surface area contributed by atoms with Crippen LogP contribution in [-0.2, 0) is 21.4 Å². The van der Waals surface area contributed by atoms with Gasteiger partial charge in [-0.15, -0.1) is 0 Å². The highest BCUT2D eigenvalue weighted by atomic mass is 16.5. The highest BCUT2D eigenvalue weighted by Gasteiger charge is 2.63. The van der Waals surface area contributed by atoms with Gasteiger partial charge in [0.1, 0.15) is 11.4 Å². The molecule has 0 radical (unpaired) electrons. The van der Waals surface area contributed by atoms with Crippen molar-refractivity contribution in [1.82, 2.24) is 15.1 Å². The molecular formula is C17H22N4O4. The van der Waals surface area contributed by atoms with Crippen LogP contribution in [0.25, 0.3) is 0 Å². The molecule has 0 aromatic carbocycles. The molecule has 8 nitrogen and oxygen atoms in total. The smallest absolute Gasteiger partial charge is 0.271 e. The average molecular weight is 346 g/mol. The number of amides is 3. The number of fused-ring (bicyclic) bond motifs is 5. The summed E-state index contributed by atoms with van der Waals surface area (Å²) in [4.78, 5) is 39.5. The Bertz CT molecular complexity index is 728. The van der Waals surface area contributed by atoms with Crippen molar-refractivity contribution < 1.29 is 19.1 Å². The quantitative estimate of drug-likeness (QED) is 0.800. The average Bonchev–Trinajstić information content (AvgIpc) is 3.30. The lowest BCUT2D eigenvalue weighted by Crippen LogP contribution is -2.37. The van der Waals surface area contributed by atoms with Gasteiger partial charge < -0.3 is 10.1 Å². The van der Waals surface area contributed by atoms with Gasteiger partial charge >= 0.3 is 0 Å². The number of hydrogen-bond donors (Lipinski definition) is 1. The van der Waals surface area contributed by atoms with Gasteiger partial charge in [0.25, 0.3) is 5.91 Å². The summed E-state index contributed by atoms with van der Waals surface area (Å²) >= 11 is 0. The van der Waals surface area contributed by atoms with E-state index in [1.807, 2.05) is 13.8 Å². The van der Waals surface area contributed by atoms with Crippen molar-refractivity contribution in [3.05, 3.63) is 11.9 Å². The van der Waals surface area contributed by atoms with Crippen molar-refractivity contribution in [2.45, 2.75) is 38.9 Å². The SMILES string of the molecule is CC(C)CNC(=O)c1c(N2C(=O)[C@@H]3[C@H](C2=O)[C@H]2CC[C@H]3O2)cnn1C. The first kappa shape index (κ1) is 16.3. The van der Waals surface area contributed by atoms with Crippen LogP contribution in [-0.4, -0.2) is 46.3 Å². The Kier molecular flexibility index (Phi) is 3.68. The molecule has 2 bridgehead atoms. The lowest BCUT2D eigenvalue weighted by atomic mass is 9.81. The maximum atomic E-state index is 12.9. The van der Waals surface area contributed by atoms with Crippen LogP contribution in [0.15, 0.2) is 6.20 Å². The lowest BCUT2D eigenvalue weighted by molar-refractivity contribution is -0.124. The van der Waals surface area contributed by atoms with Crippen LogP contribution in [0.1, 0.15) is 37.2 Å². The largest absolute Gasteiger partial charge is 0.373 e. The molecule has 134 valence electrons. The molecule has 1 aromatic heterocycles. The molecule has 0 aliphatic carbocycles. The standard InChI is InChI=1S/C17H22N4O4/c1-8(2)6-18-15(22)14-9(7-19-20(14)3)21-16(23)12-10-4-5-11(25-10)13(12)17(21)24/h7-8,10-13H,4-6H2,1-3H3,(H,18,22)/t10-,11-,12-,13+/m1/s1. The Labute approximate surface area is 145 Å². The first-order valence-electron chi connectivity index (χ1n) is 8.73. The number of ether oxygens (including phenoxy) is 1. The first-order valence-corrected chi connectivity index (χ1v) is 8.73. The third-order valence-electron chi connectivity index (χ3n) is 5.33. The third kappa shape index (κ3) is 2.31. The molecular weight excluding hydrogens is 324 g/mol. The summed E-state index contributed by atoms with van der Waals surface area (Å²) in [5.74, 6) is -1.42. The Hall–Kier alpha value is -2.22. The van der Waals surface area contributed by atoms with Gasteiger partial charge in [-0.05, 0) is 18.8 Å². The van der Waals surface area contributed by atoms with Crippen molar-refractivity contribution in [1.29, 1.82) is 0 Å². The van der Waals surface area contributed by atoms with Gasteiger partial charge in [-0.25, -0.2) is 4.90 Å². The predicted octanol–water partition coefficient (Wildman–Crippen LogP) is 0.473. The molecule has 1 N–H and O–H groups in total. The van der Waals surface area contributed by atoms with Crippen molar-refractivity contribution in [2.24, 2.45) is 24.8 Å². The molecule has 0 saturated carbocycles. The Balaban J connectivity index is 1.66. The second-order valence-electron chi connectivity index (χ2n) is 7.46. The number of aryl methyl sites for hydroxylation is 1. The van der Waals surface area contributed by atoms with Gasteiger partial charge in [0, 0.05) is 13.6 Å². The van der Waals surface area contributed by atoms with Gasteiger partial charge in [0.15, 0.2) is 0 Å². The predicted molar refractivity (Wildman–Crippen MR) is 87.7 cm³/mol. The summed E-state index contributed by atoms with van der Waals surface area (Å²) < 4.78 is 7.15. The monoisotopic (exact) mass is 346 g/mol. The van der Waals surface area contributed by atoms with Crippen molar-refractivity contribution >= 4 is 23.4 Å². The van der Waals surface area contributed by atoms with Crippen LogP contribution in [0.3, 0.4) is 0 Å². The molecule has 4 rings (SSSR count). The fourth-order valence-corrected chi connectivity index (χ4v) is 4.18. The summed E-state index contributed by atoms with van der Waals surface area (Å²) in [5.41, 5.74) is 0.503. The van der Waals surface area contributed by atoms with Crippen LogP contribution in [0.4, 0.5) is 5.69 Å². The Morgan fingerprint density at radius 2 is 1.88 bits per heavy atom. The van der Waals surface area contributed by atoms with Gasteiger partial charge in [-0.2, -0.15) is 5.10 Å². The molecule has 25 heavy (non-hydrogen) atoms. The lowest BCUT2D eigenvalue weighted by Gasteiger charge is -2.18. The topological polar surface area (TPSA) is 93.5 Å². The molecule has 0 unspecified atom stereocenters. The van der Waals surface area contributed by atoms with Crippen LogP contribution >= 0.6 is 0 Å². The first-order chi connectivity index (χ1) is 11.9. The van der Waals surface area contributed by atoms with E-state index in [1.54, 1.807) is 7.05 Å². The second-order valence-corrected chi connectivity index (χ2v) is 7.46. The summed E-state index contributed by atoms with van der Waals surface area (Å²) in [7, 11) is 1.63. The van der Waals surface area contributed by atoms with Gasteiger partial charge in [-0.1, -0.05) is 13.8 Å². The minimum atomic E-state index is -0.418. The van der Waals surface area contributed by atoms with E-state index in [9.17, 15) is 14.4 Å². The molecule has 3 saturated heterocycles. The number of nitrogens with one attached hydrogen (secondary N) is 1. The highest BCUT2D eigenvalue weighted by molar-refractivity contribution is 6.24. The van der Waals surface area contributed by atoms with E-state index in [1.165, 1.54) is 10.9 Å². The molecule has 4 heterocycles. The fraction of sp³-hybridized carbons (Fsp3) is 0.647. The van der Waals surface area contributed by atoms with E-state index >= 15 is 0 Å². The molecule has 0 spiro atoms. The number of anilines is 1. The van der Waals surface area contributed by atoms with E-state index in [4.69, 9.17) is 4.74 Å². The zero-order chi connectivity index (χ0) is 17.9. The maximum Gasteiger partial charge on any atom is 0.271 e. The third-order valence-corrected chi connectivity index (χ3v) is 5.33. The van der Waals surface area contributed by atoms with E-state index in [-0.39, 0.29) is 41.3 Å². The van der Waals surface area contributed by atoms with Crippen molar-refractivity contribution in [2.75, 3.05) is 11.4 Å². The molecule has 3 amide bonds. The van der Waals surface area contributed by atoms with Crippen molar-refractivity contribution in [3.63, 3.8) is 0 Å². The molecule has 3 fully saturated rings. The van der Waals surface area contributed by atoms with Crippen LogP contribution in [0, 0.1) is 17.8 Å². The molecule has 8 heteroatoms. The number of carbonyl (C=O) groups is 3. The number of nitrogens with zero attached hydrogens (tertiary/aromatic N) is 3. The van der Waals surface area contributed by atoms with E-state index in [2.05, 4.69) is 10.4 Å². The highest BCUT2D eigenvalue weighted by Crippen LogP contribution is 2.49. The zero-order valence-corrected chi connectivity index (χ0v) is 14.6. The normalized spacial score (nSPS) is 30.5. The van der Waals surface area contributed by atoms with E-state index < -0.39 is 11.8 Å². The zero-order valence-electron chi connectivity index (χ0n) is 14.6. The molecule has 3 aliphatic heterocycles. The number of hydrogen-bond acceptors (Lipinski definition) is 5. The van der Waals surface area contributed by atoms with Gasteiger partial charge in [0.2, 0.25) is 11.8 Å². The summed E-state index contributed by atoms with van der Waals surface area (Å²) in [6, 6.07) is 0. The molecule has 4 atom stereocenters.